The van der Waals surface area contributed by atoms with Crippen molar-refractivity contribution in [1.82, 2.24) is 0 Å². The Bertz CT molecular complexity index is 333. The molecule has 4 heteroatoms. The number of hydrogen-bond donors (Lipinski definition) is 1. The third kappa shape index (κ3) is 3.25. The molecule has 0 aliphatic carbocycles. The minimum Gasteiger partial charge on any atom is -0.445 e. The number of rotatable bonds is 2. The summed E-state index contributed by atoms with van der Waals surface area (Å²) in [5, 5.41) is 0.999. The summed E-state index contributed by atoms with van der Waals surface area (Å²) in [6.45, 7) is 5.53. The van der Waals surface area contributed by atoms with Gasteiger partial charge >= 0.3 is 6.09 Å². The van der Waals surface area contributed by atoms with Crippen molar-refractivity contribution in [3.63, 3.8) is 0 Å². The van der Waals surface area contributed by atoms with E-state index in [1.807, 2.05) is 19.1 Å². The third-order valence-corrected chi connectivity index (χ3v) is 1.85. The monoisotopic (exact) mass is 208 g/mol. The maximum atomic E-state index is 11.4. The second-order valence-electron chi connectivity index (χ2n) is 3.64. The highest BCUT2D eigenvalue weighted by molar-refractivity contribution is 5.86. The molecule has 82 valence electrons. The number of anilines is 1. The molecule has 0 bridgehead atoms. The van der Waals surface area contributed by atoms with Gasteiger partial charge in [0.05, 0.1) is 11.8 Å². The van der Waals surface area contributed by atoms with E-state index in [0.29, 0.717) is 5.69 Å². The summed E-state index contributed by atoms with van der Waals surface area (Å²) in [5.74, 6) is 5.60. The SMILES string of the molecule is Cc1ccc(N(N)C(=O)OC(C)C)cc1. The van der Waals surface area contributed by atoms with E-state index in [-0.39, 0.29) is 6.10 Å². The van der Waals surface area contributed by atoms with Crippen LogP contribution in [0.25, 0.3) is 0 Å². The van der Waals surface area contributed by atoms with Crippen LogP contribution in [0.5, 0.6) is 0 Å². The molecule has 0 aliphatic rings. The number of carbonyl (C=O) groups excluding carboxylic acids is 1. The molecule has 0 heterocycles. The first-order valence-corrected chi connectivity index (χ1v) is 4.83. The molecule has 1 rings (SSSR count). The molecule has 0 atom stereocenters. The van der Waals surface area contributed by atoms with Gasteiger partial charge in [-0.25, -0.2) is 15.6 Å². The fraction of sp³-hybridized carbons (Fsp3) is 0.364. The molecule has 0 saturated carbocycles. The van der Waals surface area contributed by atoms with Crippen molar-refractivity contribution in [1.29, 1.82) is 0 Å². The van der Waals surface area contributed by atoms with Gasteiger partial charge in [-0.3, -0.25) is 0 Å². The van der Waals surface area contributed by atoms with Gasteiger partial charge in [0.25, 0.3) is 0 Å². The summed E-state index contributed by atoms with van der Waals surface area (Å²) < 4.78 is 4.96. The van der Waals surface area contributed by atoms with Gasteiger partial charge in [0.2, 0.25) is 0 Å². The quantitative estimate of drug-likeness (QED) is 0.460. The van der Waals surface area contributed by atoms with E-state index in [2.05, 4.69) is 0 Å². The average molecular weight is 208 g/mol. The Balaban J connectivity index is 2.71. The number of hydrazine groups is 1. The van der Waals surface area contributed by atoms with Crippen molar-refractivity contribution < 1.29 is 9.53 Å². The Morgan fingerprint density at radius 1 is 1.33 bits per heavy atom. The van der Waals surface area contributed by atoms with Gasteiger partial charge in [0.15, 0.2) is 0 Å². The first-order valence-electron chi connectivity index (χ1n) is 4.83. The molecule has 1 aromatic carbocycles. The Morgan fingerprint density at radius 2 is 1.87 bits per heavy atom. The summed E-state index contributed by atoms with van der Waals surface area (Å²) in [4.78, 5) is 11.4. The molecule has 0 saturated heterocycles. The smallest absolute Gasteiger partial charge is 0.429 e. The van der Waals surface area contributed by atoms with E-state index in [4.69, 9.17) is 10.6 Å². The first kappa shape index (κ1) is 11.5. The number of aryl methyl sites for hydroxylation is 1. The van der Waals surface area contributed by atoms with Crippen LogP contribution in [0.3, 0.4) is 0 Å². The third-order valence-electron chi connectivity index (χ3n) is 1.85. The van der Waals surface area contributed by atoms with Crippen LogP contribution in [-0.4, -0.2) is 12.2 Å². The van der Waals surface area contributed by atoms with E-state index in [1.54, 1.807) is 26.0 Å². The fourth-order valence-corrected chi connectivity index (χ4v) is 1.07. The van der Waals surface area contributed by atoms with Crippen molar-refractivity contribution in [3.8, 4) is 0 Å². The maximum Gasteiger partial charge on any atom is 0.429 e. The zero-order valence-electron chi connectivity index (χ0n) is 9.23. The van der Waals surface area contributed by atoms with Crippen LogP contribution in [0.4, 0.5) is 10.5 Å². The number of ether oxygens (including phenoxy) is 1. The zero-order valence-corrected chi connectivity index (χ0v) is 9.23. The minimum atomic E-state index is -0.547. The number of amides is 1. The van der Waals surface area contributed by atoms with Crippen molar-refractivity contribution in [2.24, 2.45) is 5.84 Å². The Kier molecular flexibility index (Phi) is 3.68. The largest absolute Gasteiger partial charge is 0.445 e. The van der Waals surface area contributed by atoms with Crippen molar-refractivity contribution in [2.45, 2.75) is 26.9 Å². The Hall–Kier alpha value is -1.55. The molecule has 1 amide bonds. The number of benzene rings is 1. The maximum absolute atomic E-state index is 11.4. The van der Waals surface area contributed by atoms with E-state index < -0.39 is 6.09 Å². The van der Waals surface area contributed by atoms with Gasteiger partial charge in [0, 0.05) is 0 Å². The molecule has 0 unspecified atom stereocenters. The van der Waals surface area contributed by atoms with E-state index >= 15 is 0 Å². The van der Waals surface area contributed by atoms with Crippen molar-refractivity contribution in [2.75, 3.05) is 5.01 Å². The lowest BCUT2D eigenvalue weighted by molar-refractivity contribution is 0.122. The lowest BCUT2D eigenvalue weighted by Gasteiger charge is -2.18. The summed E-state index contributed by atoms with van der Waals surface area (Å²) >= 11 is 0. The lowest BCUT2D eigenvalue weighted by Crippen LogP contribution is -2.39. The van der Waals surface area contributed by atoms with Gasteiger partial charge in [-0.05, 0) is 32.9 Å². The first-order chi connectivity index (χ1) is 7.00. The van der Waals surface area contributed by atoms with Crippen LogP contribution in [0.2, 0.25) is 0 Å². The summed E-state index contributed by atoms with van der Waals surface area (Å²) in [6.07, 6.45) is -0.720. The molecule has 4 nitrogen and oxygen atoms in total. The minimum absolute atomic E-state index is 0.172. The number of carbonyl (C=O) groups is 1. The van der Waals surface area contributed by atoms with Gasteiger partial charge in [-0.15, -0.1) is 0 Å². The van der Waals surface area contributed by atoms with Crippen molar-refractivity contribution >= 4 is 11.8 Å². The standard InChI is InChI=1S/C11H16N2O2/c1-8(2)15-11(14)13(12)10-6-4-9(3)5-7-10/h4-8H,12H2,1-3H3. The molecule has 0 fully saturated rings. The second kappa shape index (κ2) is 4.79. The number of hydrogen-bond acceptors (Lipinski definition) is 3. The fourth-order valence-electron chi connectivity index (χ4n) is 1.07. The number of nitrogens with zero attached hydrogens (tertiary/aromatic N) is 1. The topological polar surface area (TPSA) is 55.6 Å². The van der Waals surface area contributed by atoms with E-state index in [0.717, 1.165) is 10.6 Å². The summed E-state index contributed by atoms with van der Waals surface area (Å²) in [6, 6.07) is 7.32. The summed E-state index contributed by atoms with van der Waals surface area (Å²) in [7, 11) is 0. The van der Waals surface area contributed by atoms with Crippen LogP contribution < -0.4 is 10.9 Å². The molecule has 1 aromatic rings. The lowest BCUT2D eigenvalue weighted by atomic mass is 10.2. The van der Waals surface area contributed by atoms with Gasteiger partial charge in [-0.2, -0.15) is 0 Å². The molecule has 0 radical (unpaired) electrons. The molecule has 0 spiro atoms. The Morgan fingerprint density at radius 3 is 2.33 bits per heavy atom. The van der Waals surface area contributed by atoms with Gasteiger partial charge < -0.3 is 4.74 Å². The van der Waals surface area contributed by atoms with Crippen LogP contribution in [-0.2, 0) is 4.74 Å². The highest BCUT2D eigenvalue weighted by Gasteiger charge is 2.13. The average Bonchev–Trinajstić information content (AvgIpc) is 2.17. The van der Waals surface area contributed by atoms with Gasteiger partial charge in [-0.1, -0.05) is 17.7 Å². The Labute approximate surface area is 89.6 Å². The van der Waals surface area contributed by atoms with Gasteiger partial charge in [0.1, 0.15) is 0 Å². The predicted molar refractivity (Wildman–Crippen MR) is 59.5 cm³/mol. The molecule has 2 N–H and O–H groups in total. The molecule has 0 aliphatic heterocycles. The predicted octanol–water partition coefficient (Wildman–Crippen LogP) is 2.22. The highest BCUT2D eigenvalue weighted by atomic mass is 16.6. The number of nitrogens with two attached hydrogens (primary N) is 1. The zero-order chi connectivity index (χ0) is 11.4. The van der Waals surface area contributed by atoms with Crippen LogP contribution >= 0.6 is 0 Å². The van der Waals surface area contributed by atoms with Crippen LogP contribution in [0, 0.1) is 6.92 Å². The molecule has 0 aromatic heterocycles. The van der Waals surface area contributed by atoms with E-state index in [9.17, 15) is 4.79 Å². The van der Waals surface area contributed by atoms with E-state index in [1.165, 1.54) is 0 Å². The summed E-state index contributed by atoms with van der Waals surface area (Å²) in [5.41, 5.74) is 1.73. The van der Waals surface area contributed by atoms with Crippen LogP contribution in [0.1, 0.15) is 19.4 Å². The molecule has 15 heavy (non-hydrogen) atoms. The van der Waals surface area contributed by atoms with Crippen LogP contribution in [0.15, 0.2) is 24.3 Å². The normalized spacial score (nSPS) is 10.2. The highest BCUT2D eigenvalue weighted by Crippen LogP contribution is 2.13. The van der Waals surface area contributed by atoms with Crippen molar-refractivity contribution in [3.05, 3.63) is 29.8 Å². The second-order valence-corrected chi connectivity index (χ2v) is 3.64. The molecular formula is C11H16N2O2. The molecular weight excluding hydrogens is 192 g/mol.